The maximum atomic E-state index is 10.6. The molecule has 2 aromatic carbocycles. The van der Waals surface area contributed by atoms with Crippen molar-refractivity contribution < 1.29 is 14.6 Å². The highest BCUT2D eigenvalue weighted by Gasteiger charge is 2.19. The Hall–Kier alpha value is -3.87. The maximum absolute atomic E-state index is 10.6. The summed E-state index contributed by atoms with van der Waals surface area (Å²) in [6.07, 6.45) is 4.02. The summed E-state index contributed by atoms with van der Waals surface area (Å²) in [6.45, 7) is 0. The molecule has 0 aliphatic rings. The van der Waals surface area contributed by atoms with E-state index >= 15 is 0 Å². The molecular formula is C22H22N4O3. The second kappa shape index (κ2) is 7.63. The number of nitrogens with one attached hydrogen (secondary N) is 1. The lowest BCUT2D eigenvalue weighted by atomic mass is 10.1. The van der Waals surface area contributed by atoms with Gasteiger partial charge in [0, 0.05) is 36.5 Å². The zero-order valence-corrected chi connectivity index (χ0v) is 16.2. The first-order chi connectivity index (χ1) is 14.1. The number of rotatable bonds is 6. The standard InChI is InChI=1S/C22H22N4O3/c1-28-17-9-16(10-18(11-17)29-2)26-13-19(27)20(21(26)23)22-24-12-15(25-22)8-14-6-4-3-5-7-14/h3-7,9-13,27H,8,23H2,1-2H3,(H,24,25). The minimum Gasteiger partial charge on any atom is -0.505 e. The van der Waals surface area contributed by atoms with Crippen LogP contribution in [0.15, 0.2) is 60.9 Å². The number of aromatic nitrogens is 3. The van der Waals surface area contributed by atoms with Gasteiger partial charge in [0.25, 0.3) is 0 Å². The molecule has 0 aliphatic heterocycles. The van der Waals surface area contributed by atoms with E-state index in [2.05, 4.69) is 22.1 Å². The van der Waals surface area contributed by atoms with Crippen LogP contribution in [0.4, 0.5) is 5.82 Å². The molecule has 0 radical (unpaired) electrons. The minimum atomic E-state index is 0.0323. The Labute approximate surface area is 168 Å². The molecular weight excluding hydrogens is 368 g/mol. The summed E-state index contributed by atoms with van der Waals surface area (Å²) in [5, 5.41) is 10.6. The molecule has 29 heavy (non-hydrogen) atoms. The number of nitrogens with two attached hydrogens (primary N) is 1. The number of nitrogens with zero attached hydrogens (tertiary/aromatic N) is 2. The van der Waals surface area contributed by atoms with Gasteiger partial charge < -0.3 is 25.3 Å². The van der Waals surface area contributed by atoms with E-state index in [9.17, 15) is 5.11 Å². The Morgan fingerprint density at radius 3 is 2.41 bits per heavy atom. The van der Waals surface area contributed by atoms with E-state index in [1.165, 1.54) is 5.56 Å². The molecule has 7 nitrogen and oxygen atoms in total. The largest absolute Gasteiger partial charge is 0.505 e. The molecule has 0 fully saturated rings. The third-order valence-electron chi connectivity index (χ3n) is 4.74. The maximum Gasteiger partial charge on any atom is 0.146 e. The van der Waals surface area contributed by atoms with Crippen molar-refractivity contribution in [3.8, 4) is 34.3 Å². The summed E-state index contributed by atoms with van der Waals surface area (Å²) in [4.78, 5) is 7.68. The molecule has 0 unspecified atom stereocenters. The van der Waals surface area contributed by atoms with E-state index in [0.717, 1.165) is 5.69 Å². The van der Waals surface area contributed by atoms with Crippen molar-refractivity contribution in [3.63, 3.8) is 0 Å². The smallest absolute Gasteiger partial charge is 0.146 e. The topological polar surface area (TPSA) is 98.3 Å². The summed E-state index contributed by atoms with van der Waals surface area (Å²) in [7, 11) is 3.16. The molecule has 0 saturated heterocycles. The Kier molecular flexibility index (Phi) is 4.87. The molecule has 7 heteroatoms. The number of imidazole rings is 1. The van der Waals surface area contributed by atoms with Gasteiger partial charge in [-0.3, -0.25) is 4.57 Å². The lowest BCUT2D eigenvalue weighted by Gasteiger charge is -2.11. The molecule has 2 aromatic heterocycles. The summed E-state index contributed by atoms with van der Waals surface area (Å²) < 4.78 is 12.3. The first-order valence-corrected chi connectivity index (χ1v) is 9.10. The molecule has 0 bridgehead atoms. The number of methoxy groups -OCH3 is 2. The number of nitrogen functional groups attached to an aromatic ring is 1. The second-order valence-corrected chi connectivity index (χ2v) is 6.63. The van der Waals surface area contributed by atoms with Crippen LogP contribution in [0.5, 0.6) is 17.2 Å². The molecule has 4 aromatic rings. The van der Waals surface area contributed by atoms with Crippen molar-refractivity contribution in [2.24, 2.45) is 0 Å². The van der Waals surface area contributed by atoms with Crippen LogP contribution in [0.1, 0.15) is 11.3 Å². The number of aromatic amines is 1. The highest BCUT2D eigenvalue weighted by atomic mass is 16.5. The number of hydrogen-bond acceptors (Lipinski definition) is 5. The third kappa shape index (κ3) is 3.62. The van der Waals surface area contributed by atoms with Crippen molar-refractivity contribution in [3.05, 3.63) is 72.2 Å². The Balaban J connectivity index is 1.70. The average Bonchev–Trinajstić information content (AvgIpc) is 3.31. The molecule has 0 aliphatic carbocycles. The van der Waals surface area contributed by atoms with Gasteiger partial charge in [-0.05, 0) is 5.56 Å². The van der Waals surface area contributed by atoms with E-state index in [-0.39, 0.29) is 5.75 Å². The number of H-pyrrole nitrogens is 1. The lowest BCUT2D eigenvalue weighted by molar-refractivity contribution is 0.394. The Morgan fingerprint density at radius 1 is 1.07 bits per heavy atom. The number of ether oxygens (including phenoxy) is 2. The van der Waals surface area contributed by atoms with Crippen molar-refractivity contribution in [2.45, 2.75) is 6.42 Å². The van der Waals surface area contributed by atoms with Crippen LogP contribution in [-0.4, -0.2) is 33.9 Å². The summed E-state index contributed by atoms with van der Waals surface area (Å²) in [5.41, 5.74) is 9.63. The molecule has 148 valence electrons. The summed E-state index contributed by atoms with van der Waals surface area (Å²) >= 11 is 0. The van der Waals surface area contributed by atoms with Gasteiger partial charge in [-0.2, -0.15) is 0 Å². The van der Waals surface area contributed by atoms with Crippen LogP contribution in [0.25, 0.3) is 17.1 Å². The quantitative estimate of drug-likeness (QED) is 0.466. The first-order valence-electron chi connectivity index (χ1n) is 9.10. The van der Waals surface area contributed by atoms with Gasteiger partial charge in [0.1, 0.15) is 34.5 Å². The monoisotopic (exact) mass is 390 g/mol. The van der Waals surface area contributed by atoms with Gasteiger partial charge >= 0.3 is 0 Å². The van der Waals surface area contributed by atoms with E-state index in [1.54, 1.807) is 37.2 Å². The molecule has 0 amide bonds. The van der Waals surface area contributed by atoms with E-state index in [1.807, 2.05) is 30.3 Å². The number of anilines is 1. The third-order valence-corrected chi connectivity index (χ3v) is 4.74. The van der Waals surface area contributed by atoms with Crippen molar-refractivity contribution in [1.82, 2.24) is 14.5 Å². The van der Waals surface area contributed by atoms with E-state index in [0.29, 0.717) is 40.8 Å². The lowest BCUT2D eigenvalue weighted by Crippen LogP contribution is -2.01. The molecule has 2 heterocycles. The summed E-state index contributed by atoms with van der Waals surface area (Å²) in [5.74, 6) is 2.15. The van der Waals surface area contributed by atoms with Gasteiger partial charge in [0.05, 0.1) is 26.1 Å². The van der Waals surface area contributed by atoms with Crippen molar-refractivity contribution in [2.75, 3.05) is 20.0 Å². The Bertz CT molecular complexity index is 1110. The first kappa shape index (κ1) is 18.5. The van der Waals surface area contributed by atoms with E-state index < -0.39 is 0 Å². The predicted octanol–water partition coefficient (Wildman–Crippen LogP) is 3.76. The fourth-order valence-electron chi connectivity index (χ4n) is 3.29. The number of aromatic hydroxyl groups is 1. The molecule has 4 rings (SSSR count). The molecule has 0 atom stereocenters. The minimum absolute atomic E-state index is 0.0323. The zero-order valence-electron chi connectivity index (χ0n) is 16.2. The van der Waals surface area contributed by atoms with Gasteiger partial charge in [0.2, 0.25) is 0 Å². The fraction of sp³-hybridized carbons (Fsp3) is 0.136. The highest BCUT2D eigenvalue weighted by Crippen LogP contribution is 2.38. The number of benzene rings is 2. The fourth-order valence-corrected chi connectivity index (χ4v) is 3.29. The Morgan fingerprint density at radius 2 is 1.76 bits per heavy atom. The van der Waals surface area contributed by atoms with Crippen LogP contribution in [0, 0.1) is 0 Å². The van der Waals surface area contributed by atoms with Crippen molar-refractivity contribution in [1.29, 1.82) is 0 Å². The molecule has 4 N–H and O–H groups in total. The van der Waals surface area contributed by atoms with Gasteiger partial charge in [-0.1, -0.05) is 30.3 Å². The summed E-state index contributed by atoms with van der Waals surface area (Å²) in [6, 6.07) is 15.5. The highest BCUT2D eigenvalue weighted by molar-refractivity contribution is 5.78. The normalized spacial score (nSPS) is 10.8. The van der Waals surface area contributed by atoms with Crippen LogP contribution < -0.4 is 15.2 Å². The van der Waals surface area contributed by atoms with Crippen molar-refractivity contribution >= 4 is 5.82 Å². The van der Waals surface area contributed by atoms with E-state index in [4.69, 9.17) is 15.2 Å². The molecule has 0 saturated carbocycles. The van der Waals surface area contributed by atoms with Crippen LogP contribution >= 0.6 is 0 Å². The van der Waals surface area contributed by atoms with Crippen LogP contribution in [0.3, 0.4) is 0 Å². The number of hydrogen-bond donors (Lipinski definition) is 3. The molecule has 0 spiro atoms. The van der Waals surface area contributed by atoms with Gasteiger partial charge in [0.15, 0.2) is 0 Å². The average molecular weight is 390 g/mol. The van der Waals surface area contributed by atoms with Gasteiger partial charge in [-0.15, -0.1) is 0 Å². The SMILES string of the molecule is COc1cc(OC)cc(-n2cc(O)c(-c3ncc(Cc4ccccc4)[nH]3)c2N)c1. The van der Waals surface area contributed by atoms with Crippen LogP contribution in [-0.2, 0) is 6.42 Å². The zero-order chi connectivity index (χ0) is 20.4. The van der Waals surface area contributed by atoms with Gasteiger partial charge in [-0.25, -0.2) is 4.98 Å². The van der Waals surface area contributed by atoms with Crippen LogP contribution in [0.2, 0.25) is 0 Å². The predicted molar refractivity (Wildman–Crippen MR) is 112 cm³/mol. The second-order valence-electron chi connectivity index (χ2n) is 6.63.